The normalized spacial score (nSPS) is 10.7. The van der Waals surface area contributed by atoms with Crippen molar-refractivity contribution in [1.29, 1.82) is 0 Å². The van der Waals surface area contributed by atoms with Gasteiger partial charge in [0.25, 0.3) is 5.91 Å². The summed E-state index contributed by atoms with van der Waals surface area (Å²) in [5, 5.41) is 3.93. The third-order valence-corrected chi connectivity index (χ3v) is 6.09. The summed E-state index contributed by atoms with van der Waals surface area (Å²) in [5.41, 5.74) is 4.75. The number of hydrogen-bond donors (Lipinski definition) is 1. The van der Waals surface area contributed by atoms with Crippen LogP contribution in [-0.2, 0) is 6.42 Å². The van der Waals surface area contributed by atoms with Crippen molar-refractivity contribution in [3.63, 3.8) is 0 Å². The topological polar surface area (TPSA) is 82.6 Å². The molecule has 0 fully saturated rings. The second kappa shape index (κ2) is 11.4. The van der Waals surface area contributed by atoms with Gasteiger partial charge >= 0.3 is 0 Å². The Kier molecular flexibility index (Phi) is 7.45. The molecular weight excluding hydrogens is 478 g/mol. The molecular formula is C31H27N3O4. The van der Waals surface area contributed by atoms with Gasteiger partial charge in [0.05, 0.1) is 32.0 Å². The maximum Gasteiger partial charge on any atom is 0.255 e. The molecule has 5 rings (SSSR count). The van der Waals surface area contributed by atoms with Crippen LogP contribution in [0, 0.1) is 0 Å². The maximum absolute atomic E-state index is 13.0. The fourth-order valence-electron chi connectivity index (χ4n) is 4.14. The van der Waals surface area contributed by atoms with E-state index < -0.39 is 0 Å². The van der Waals surface area contributed by atoms with E-state index in [1.807, 2.05) is 84.9 Å². The number of amides is 1. The third kappa shape index (κ3) is 5.73. The van der Waals surface area contributed by atoms with Gasteiger partial charge in [-0.25, -0.2) is 4.98 Å². The molecule has 2 heterocycles. The first-order chi connectivity index (χ1) is 18.6. The number of ether oxygens (including phenoxy) is 3. The molecule has 0 radical (unpaired) electrons. The fraction of sp³-hybridized carbons (Fsp3) is 0.129. The van der Waals surface area contributed by atoms with Crippen LogP contribution in [0.15, 0.2) is 97.2 Å². The standard InChI is InChI=1S/C31H27N3O4/c1-36-28-14-11-21(18-29(28)37-2)15-17-38-30-10-4-9-27(34-30)22-6-3-7-24(19-22)31(35)33-25-12-13-26-23(20-25)8-5-16-32-26/h3-14,16,18-20H,15,17H2,1-2H3,(H,33,35). The van der Waals surface area contributed by atoms with Gasteiger partial charge in [-0.3, -0.25) is 9.78 Å². The van der Waals surface area contributed by atoms with Crippen LogP contribution in [-0.4, -0.2) is 36.7 Å². The Hall–Kier alpha value is -4.91. The van der Waals surface area contributed by atoms with Crippen molar-refractivity contribution < 1.29 is 19.0 Å². The Morgan fingerprint density at radius 2 is 1.71 bits per heavy atom. The molecule has 190 valence electrons. The fourth-order valence-corrected chi connectivity index (χ4v) is 4.14. The van der Waals surface area contributed by atoms with Crippen molar-refractivity contribution in [2.75, 3.05) is 26.1 Å². The Balaban J connectivity index is 1.25. The highest BCUT2D eigenvalue weighted by Gasteiger charge is 2.10. The molecule has 3 aromatic carbocycles. The number of benzene rings is 3. The number of carbonyl (C=O) groups excluding carboxylic acids is 1. The summed E-state index contributed by atoms with van der Waals surface area (Å²) in [6.07, 6.45) is 2.44. The van der Waals surface area contributed by atoms with Gasteiger partial charge in [-0.05, 0) is 60.2 Å². The van der Waals surface area contributed by atoms with E-state index in [0.717, 1.165) is 27.7 Å². The molecule has 1 N–H and O–H groups in total. The van der Waals surface area contributed by atoms with Crippen LogP contribution < -0.4 is 19.5 Å². The van der Waals surface area contributed by atoms with Crippen LogP contribution in [0.3, 0.4) is 0 Å². The summed E-state index contributed by atoms with van der Waals surface area (Å²) >= 11 is 0. The summed E-state index contributed by atoms with van der Waals surface area (Å²) in [4.78, 5) is 21.9. The van der Waals surface area contributed by atoms with Gasteiger partial charge in [0, 0.05) is 40.9 Å². The van der Waals surface area contributed by atoms with Crippen LogP contribution in [0.25, 0.3) is 22.2 Å². The van der Waals surface area contributed by atoms with E-state index >= 15 is 0 Å². The highest BCUT2D eigenvalue weighted by Crippen LogP contribution is 2.28. The summed E-state index contributed by atoms with van der Waals surface area (Å²) in [5.74, 6) is 1.70. The minimum Gasteiger partial charge on any atom is -0.493 e. The van der Waals surface area contributed by atoms with E-state index in [1.165, 1.54) is 0 Å². The summed E-state index contributed by atoms with van der Waals surface area (Å²) in [6, 6.07) is 28.3. The Bertz CT molecular complexity index is 1590. The zero-order valence-electron chi connectivity index (χ0n) is 21.2. The number of pyridine rings is 2. The lowest BCUT2D eigenvalue weighted by atomic mass is 10.1. The van der Waals surface area contributed by atoms with E-state index in [9.17, 15) is 4.79 Å². The molecule has 0 aliphatic rings. The number of nitrogens with one attached hydrogen (secondary N) is 1. The van der Waals surface area contributed by atoms with Crippen molar-refractivity contribution in [3.05, 3.63) is 108 Å². The molecule has 0 aliphatic heterocycles. The van der Waals surface area contributed by atoms with Gasteiger partial charge in [0.1, 0.15) is 0 Å². The van der Waals surface area contributed by atoms with Crippen LogP contribution >= 0.6 is 0 Å². The van der Waals surface area contributed by atoms with Crippen molar-refractivity contribution in [2.45, 2.75) is 6.42 Å². The molecule has 2 aromatic heterocycles. The first kappa shape index (κ1) is 24.8. The molecule has 0 atom stereocenters. The largest absolute Gasteiger partial charge is 0.493 e. The van der Waals surface area contributed by atoms with Crippen LogP contribution in [0.4, 0.5) is 5.69 Å². The van der Waals surface area contributed by atoms with Crippen molar-refractivity contribution in [1.82, 2.24) is 9.97 Å². The summed E-state index contributed by atoms with van der Waals surface area (Å²) < 4.78 is 16.6. The lowest BCUT2D eigenvalue weighted by Crippen LogP contribution is -2.11. The highest BCUT2D eigenvalue weighted by atomic mass is 16.5. The summed E-state index contributed by atoms with van der Waals surface area (Å²) in [7, 11) is 3.23. The number of hydrogen-bond acceptors (Lipinski definition) is 6. The van der Waals surface area contributed by atoms with E-state index in [-0.39, 0.29) is 5.91 Å². The van der Waals surface area contributed by atoms with Gasteiger partial charge in [-0.15, -0.1) is 0 Å². The molecule has 0 unspecified atom stereocenters. The SMILES string of the molecule is COc1ccc(CCOc2cccc(-c3cccc(C(=O)Nc4ccc5ncccc5c4)c3)n2)cc1OC. The summed E-state index contributed by atoms with van der Waals surface area (Å²) in [6.45, 7) is 0.454. The Labute approximate surface area is 221 Å². The molecule has 5 aromatic rings. The molecule has 0 aliphatic carbocycles. The number of aromatic nitrogens is 2. The second-order valence-corrected chi connectivity index (χ2v) is 8.59. The quantitative estimate of drug-likeness (QED) is 0.257. The number of rotatable bonds is 9. The average Bonchev–Trinajstić information content (AvgIpc) is 2.97. The minimum atomic E-state index is -0.197. The van der Waals surface area contributed by atoms with Crippen molar-refractivity contribution >= 4 is 22.5 Å². The Morgan fingerprint density at radius 3 is 2.58 bits per heavy atom. The number of methoxy groups -OCH3 is 2. The average molecular weight is 506 g/mol. The minimum absolute atomic E-state index is 0.197. The van der Waals surface area contributed by atoms with Crippen LogP contribution in [0.1, 0.15) is 15.9 Å². The molecule has 7 nitrogen and oxygen atoms in total. The zero-order chi connectivity index (χ0) is 26.3. The van der Waals surface area contributed by atoms with Gasteiger partial charge in [0.15, 0.2) is 11.5 Å². The van der Waals surface area contributed by atoms with E-state index in [4.69, 9.17) is 14.2 Å². The Morgan fingerprint density at radius 1 is 0.842 bits per heavy atom. The lowest BCUT2D eigenvalue weighted by Gasteiger charge is -2.11. The molecule has 38 heavy (non-hydrogen) atoms. The number of nitrogens with zero attached hydrogens (tertiary/aromatic N) is 2. The van der Waals surface area contributed by atoms with Crippen molar-refractivity contribution in [3.8, 4) is 28.6 Å². The van der Waals surface area contributed by atoms with E-state index in [1.54, 1.807) is 26.5 Å². The van der Waals surface area contributed by atoms with Crippen LogP contribution in [0.5, 0.6) is 17.4 Å². The van der Waals surface area contributed by atoms with Gasteiger partial charge in [-0.2, -0.15) is 0 Å². The lowest BCUT2D eigenvalue weighted by molar-refractivity contribution is 0.102. The highest BCUT2D eigenvalue weighted by molar-refractivity contribution is 6.05. The van der Waals surface area contributed by atoms with E-state index in [2.05, 4.69) is 15.3 Å². The first-order valence-electron chi connectivity index (χ1n) is 12.2. The van der Waals surface area contributed by atoms with Gasteiger partial charge in [0.2, 0.25) is 5.88 Å². The molecule has 0 bridgehead atoms. The number of anilines is 1. The predicted octanol–water partition coefficient (Wildman–Crippen LogP) is 6.19. The van der Waals surface area contributed by atoms with Gasteiger partial charge < -0.3 is 19.5 Å². The smallest absolute Gasteiger partial charge is 0.255 e. The maximum atomic E-state index is 13.0. The first-order valence-corrected chi connectivity index (χ1v) is 12.2. The predicted molar refractivity (Wildman–Crippen MR) is 148 cm³/mol. The molecule has 0 saturated carbocycles. The van der Waals surface area contributed by atoms with Gasteiger partial charge in [-0.1, -0.05) is 30.3 Å². The number of fused-ring (bicyclic) bond motifs is 1. The van der Waals surface area contributed by atoms with Crippen molar-refractivity contribution in [2.24, 2.45) is 0 Å². The third-order valence-electron chi connectivity index (χ3n) is 6.09. The molecule has 0 saturated heterocycles. The number of carbonyl (C=O) groups is 1. The molecule has 1 amide bonds. The monoisotopic (exact) mass is 505 g/mol. The second-order valence-electron chi connectivity index (χ2n) is 8.59. The van der Waals surface area contributed by atoms with E-state index in [0.29, 0.717) is 41.7 Å². The molecule has 7 heteroatoms. The van der Waals surface area contributed by atoms with Crippen LogP contribution in [0.2, 0.25) is 0 Å². The molecule has 0 spiro atoms. The zero-order valence-corrected chi connectivity index (χ0v) is 21.2.